The third-order valence-electron chi connectivity index (χ3n) is 2.18. The minimum Gasteiger partial charge on any atom is -0.497 e. The summed E-state index contributed by atoms with van der Waals surface area (Å²) in [5.74, 6) is 0.653. The Bertz CT molecular complexity index is 333. The number of carbonyl (C=O) groups excluding carboxylic acids is 1. The van der Waals surface area contributed by atoms with Gasteiger partial charge < -0.3 is 15.4 Å². The molecule has 4 heteroatoms. The summed E-state index contributed by atoms with van der Waals surface area (Å²) in [4.78, 5) is 13.1. The number of carbonyl (C=O) groups is 1. The van der Waals surface area contributed by atoms with Crippen molar-refractivity contribution >= 4 is 11.6 Å². The van der Waals surface area contributed by atoms with Gasteiger partial charge in [-0.1, -0.05) is 0 Å². The Morgan fingerprint density at radius 3 is 2.33 bits per heavy atom. The summed E-state index contributed by atoms with van der Waals surface area (Å²) in [6.45, 7) is 1.67. The van der Waals surface area contributed by atoms with E-state index in [1.54, 1.807) is 33.2 Å². The first kappa shape index (κ1) is 11.5. The minimum atomic E-state index is -0.489. The molecular weight excluding hydrogens is 192 g/mol. The number of amides is 1. The summed E-state index contributed by atoms with van der Waals surface area (Å²) in [5.41, 5.74) is 6.32. The van der Waals surface area contributed by atoms with Gasteiger partial charge >= 0.3 is 0 Å². The molecule has 0 aliphatic heterocycles. The zero-order valence-corrected chi connectivity index (χ0v) is 9.23. The van der Waals surface area contributed by atoms with Crippen molar-refractivity contribution < 1.29 is 9.53 Å². The molecular formula is C11H16N2O2. The molecule has 15 heavy (non-hydrogen) atoms. The molecule has 1 amide bonds. The number of nitrogens with two attached hydrogens (primary N) is 1. The largest absolute Gasteiger partial charge is 0.497 e. The number of likely N-dealkylation sites (N-methyl/N-ethyl adjacent to an activating group) is 1. The molecule has 0 spiro atoms. The van der Waals surface area contributed by atoms with Crippen molar-refractivity contribution in [1.82, 2.24) is 0 Å². The third kappa shape index (κ3) is 2.70. The van der Waals surface area contributed by atoms with Crippen molar-refractivity contribution in [2.75, 3.05) is 19.1 Å². The second-order valence-corrected chi connectivity index (χ2v) is 3.38. The Labute approximate surface area is 89.6 Å². The van der Waals surface area contributed by atoms with Gasteiger partial charge in [0, 0.05) is 12.7 Å². The molecule has 1 rings (SSSR count). The van der Waals surface area contributed by atoms with Crippen molar-refractivity contribution in [3.8, 4) is 5.75 Å². The molecule has 0 bridgehead atoms. The number of methoxy groups -OCH3 is 1. The normalized spacial score (nSPS) is 12.0. The van der Waals surface area contributed by atoms with E-state index in [-0.39, 0.29) is 5.91 Å². The van der Waals surface area contributed by atoms with Crippen LogP contribution in [0.15, 0.2) is 24.3 Å². The topological polar surface area (TPSA) is 55.6 Å². The van der Waals surface area contributed by atoms with Crippen LogP contribution in [0.1, 0.15) is 6.92 Å². The molecule has 1 atom stereocenters. The Balaban J connectivity index is 2.82. The van der Waals surface area contributed by atoms with Crippen molar-refractivity contribution in [1.29, 1.82) is 0 Å². The molecule has 0 unspecified atom stereocenters. The highest BCUT2D eigenvalue weighted by molar-refractivity contribution is 5.96. The first-order valence-electron chi connectivity index (χ1n) is 4.73. The smallest absolute Gasteiger partial charge is 0.243 e. The van der Waals surface area contributed by atoms with Crippen LogP contribution in [0.25, 0.3) is 0 Å². The number of anilines is 1. The molecule has 2 N–H and O–H groups in total. The van der Waals surface area contributed by atoms with Crippen LogP contribution in [-0.4, -0.2) is 26.1 Å². The van der Waals surface area contributed by atoms with E-state index < -0.39 is 6.04 Å². The fourth-order valence-electron chi connectivity index (χ4n) is 1.24. The van der Waals surface area contributed by atoms with Crippen LogP contribution in [-0.2, 0) is 4.79 Å². The van der Waals surface area contributed by atoms with Crippen LogP contribution in [0.2, 0.25) is 0 Å². The Morgan fingerprint density at radius 2 is 1.93 bits per heavy atom. The molecule has 4 nitrogen and oxygen atoms in total. The highest BCUT2D eigenvalue weighted by atomic mass is 16.5. The molecule has 0 saturated heterocycles. The summed E-state index contributed by atoms with van der Waals surface area (Å²) < 4.78 is 5.03. The summed E-state index contributed by atoms with van der Waals surface area (Å²) >= 11 is 0. The molecule has 0 aromatic heterocycles. The fraction of sp³-hybridized carbons (Fsp3) is 0.364. The number of rotatable bonds is 3. The molecule has 1 aromatic rings. The highest BCUT2D eigenvalue weighted by Crippen LogP contribution is 2.18. The maximum atomic E-state index is 11.6. The van der Waals surface area contributed by atoms with E-state index in [9.17, 15) is 4.79 Å². The van der Waals surface area contributed by atoms with E-state index in [4.69, 9.17) is 10.5 Å². The summed E-state index contributed by atoms with van der Waals surface area (Å²) in [5, 5.41) is 0. The number of benzene rings is 1. The highest BCUT2D eigenvalue weighted by Gasteiger charge is 2.14. The van der Waals surface area contributed by atoms with E-state index in [0.717, 1.165) is 11.4 Å². The van der Waals surface area contributed by atoms with E-state index >= 15 is 0 Å². The quantitative estimate of drug-likeness (QED) is 0.806. The third-order valence-corrected chi connectivity index (χ3v) is 2.18. The van der Waals surface area contributed by atoms with Crippen LogP contribution in [0, 0.1) is 0 Å². The maximum Gasteiger partial charge on any atom is 0.243 e. The summed E-state index contributed by atoms with van der Waals surface area (Å²) in [7, 11) is 3.30. The SMILES string of the molecule is COc1ccc(N(C)C(=O)[C@H](C)N)cc1. The van der Waals surface area contributed by atoms with Gasteiger partial charge in [-0.15, -0.1) is 0 Å². The Kier molecular flexibility index (Phi) is 3.68. The van der Waals surface area contributed by atoms with Crippen LogP contribution in [0.5, 0.6) is 5.75 Å². The van der Waals surface area contributed by atoms with Gasteiger partial charge in [-0.2, -0.15) is 0 Å². The molecule has 0 aliphatic carbocycles. The monoisotopic (exact) mass is 208 g/mol. The van der Waals surface area contributed by atoms with Crippen molar-refractivity contribution in [2.24, 2.45) is 5.73 Å². The molecule has 0 heterocycles. The molecule has 0 radical (unpaired) electrons. The zero-order valence-electron chi connectivity index (χ0n) is 9.23. The van der Waals surface area contributed by atoms with Gasteiger partial charge in [-0.05, 0) is 31.2 Å². The lowest BCUT2D eigenvalue weighted by atomic mass is 10.2. The van der Waals surface area contributed by atoms with E-state index in [0.29, 0.717) is 0 Å². The van der Waals surface area contributed by atoms with Gasteiger partial charge in [0.05, 0.1) is 13.2 Å². The van der Waals surface area contributed by atoms with E-state index in [2.05, 4.69) is 0 Å². The van der Waals surface area contributed by atoms with E-state index in [1.807, 2.05) is 12.1 Å². The van der Waals surface area contributed by atoms with Crippen LogP contribution in [0.4, 0.5) is 5.69 Å². The van der Waals surface area contributed by atoms with E-state index in [1.165, 1.54) is 4.90 Å². The van der Waals surface area contributed by atoms with Crippen LogP contribution < -0.4 is 15.4 Å². The summed E-state index contributed by atoms with van der Waals surface area (Å²) in [6.07, 6.45) is 0. The second-order valence-electron chi connectivity index (χ2n) is 3.38. The van der Waals surface area contributed by atoms with Gasteiger partial charge in [-0.3, -0.25) is 4.79 Å². The molecule has 0 fully saturated rings. The zero-order chi connectivity index (χ0) is 11.4. The fourth-order valence-corrected chi connectivity index (χ4v) is 1.24. The van der Waals surface area contributed by atoms with Crippen LogP contribution in [0.3, 0.4) is 0 Å². The lowest BCUT2D eigenvalue weighted by Gasteiger charge is -2.19. The van der Waals surface area contributed by atoms with Crippen molar-refractivity contribution in [2.45, 2.75) is 13.0 Å². The first-order chi connectivity index (χ1) is 7.06. The first-order valence-corrected chi connectivity index (χ1v) is 4.73. The number of hydrogen-bond acceptors (Lipinski definition) is 3. The standard InChI is InChI=1S/C11H16N2O2/c1-8(12)11(14)13(2)9-4-6-10(15-3)7-5-9/h4-8H,12H2,1-3H3/t8-/m0/s1. The van der Waals surface area contributed by atoms with Gasteiger partial charge in [0.2, 0.25) is 5.91 Å². The predicted octanol–water partition coefficient (Wildman–Crippen LogP) is 1.01. The minimum absolute atomic E-state index is 0.111. The van der Waals surface area contributed by atoms with Gasteiger partial charge in [0.15, 0.2) is 0 Å². The Hall–Kier alpha value is -1.55. The molecule has 1 aromatic carbocycles. The number of ether oxygens (including phenoxy) is 1. The molecule has 0 aliphatic rings. The molecule has 0 saturated carbocycles. The van der Waals surface area contributed by atoms with Crippen molar-refractivity contribution in [3.63, 3.8) is 0 Å². The predicted molar refractivity (Wildman–Crippen MR) is 60.1 cm³/mol. The Morgan fingerprint density at radius 1 is 1.40 bits per heavy atom. The summed E-state index contributed by atoms with van der Waals surface area (Å²) in [6, 6.07) is 6.76. The molecule has 82 valence electrons. The number of hydrogen-bond donors (Lipinski definition) is 1. The van der Waals surface area contributed by atoms with Gasteiger partial charge in [0.1, 0.15) is 5.75 Å². The maximum absolute atomic E-state index is 11.6. The van der Waals surface area contributed by atoms with Gasteiger partial charge in [-0.25, -0.2) is 0 Å². The van der Waals surface area contributed by atoms with Crippen LogP contribution >= 0.6 is 0 Å². The second kappa shape index (κ2) is 4.79. The lowest BCUT2D eigenvalue weighted by molar-refractivity contribution is -0.119. The lowest BCUT2D eigenvalue weighted by Crippen LogP contribution is -2.39. The number of nitrogens with zero attached hydrogens (tertiary/aromatic N) is 1. The average Bonchev–Trinajstić information content (AvgIpc) is 2.27. The average molecular weight is 208 g/mol. The van der Waals surface area contributed by atoms with Gasteiger partial charge in [0.25, 0.3) is 0 Å². The van der Waals surface area contributed by atoms with Crippen molar-refractivity contribution in [3.05, 3.63) is 24.3 Å².